The molecule has 0 aliphatic rings. The predicted molar refractivity (Wildman–Crippen MR) is 72.1 cm³/mol. The molecule has 2 aromatic rings. The fourth-order valence-electron chi connectivity index (χ4n) is 1.30. The number of rotatable bonds is 2. The minimum Gasteiger partial charge on any atom is -0.394 e. The van der Waals surface area contributed by atoms with Crippen molar-refractivity contribution in [3.8, 4) is 0 Å². The molecule has 8 heteroatoms. The van der Waals surface area contributed by atoms with Crippen molar-refractivity contribution >= 4 is 46.4 Å². The lowest BCUT2D eigenvalue weighted by molar-refractivity contribution is 0.262. The molecule has 0 fully saturated rings. The first-order valence-corrected chi connectivity index (χ1v) is 5.63. The maximum Gasteiger partial charge on any atom is 0.324 e. The van der Waals surface area contributed by atoms with E-state index in [0.717, 1.165) is 0 Å². The van der Waals surface area contributed by atoms with E-state index < -0.39 is 6.03 Å². The van der Waals surface area contributed by atoms with Gasteiger partial charge in [0, 0.05) is 15.7 Å². The Labute approximate surface area is 112 Å². The number of amides is 2. The third kappa shape index (κ3) is 3.06. The molecule has 2 rings (SSSR count). The van der Waals surface area contributed by atoms with E-state index in [1.54, 1.807) is 18.2 Å². The second kappa shape index (κ2) is 5.16. The topological polar surface area (TPSA) is 95.8 Å². The molecule has 0 aliphatic heterocycles. The van der Waals surface area contributed by atoms with Crippen LogP contribution in [0.1, 0.15) is 0 Å². The average molecular weight is 286 g/mol. The van der Waals surface area contributed by atoms with E-state index in [-0.39, 0.29) is 0 Å². The third-order valence-electron chi connectivity index (χ3n) is 2.03. The van der Waals surface area contributed by atoms with Crippen molar-refractivity contribution in [3.05, 3.63) is 34.4 Å². The molecule has 1 aromatic carbocycles. The summed E-state index contributed by atoms with van der Waals surface area (Å²) in [6.07, 6.45) is 1.39. The maximum atomic E-state index is 11.6. The van der Waals surface area contributed by atoms with Crippen LogP contribution in [0.2, 0.25) is 10.0 Å². The van der Waals surface area contributed by atoms with Crippen LogP contribution in [0.15, 0.2) is 24.4 Å². The number of nitrogens with two attached hydrogens (primary N) is 1. The van der Waals surface area contributed by atoms with Gasteiger partial charge in [0.05, 0.1) is 11.9 Å². The van der Waals surface area contributed by atoms with Gasteiger partial charge >= 0.3 is 6.03 Å². The number of hydrogen-bond acceptors (Lipinski definition) is 3. The Balaban J connectivity index is 2.05. The molecule has 94 valence electrons. The minimum absolute atomic E-state index is 0.320. The number of anilines is 3. The molecule has 0 radical (unpaired) electrons. The zero-order chi connectivity index (χ0) is 13.1. The van der Waals surface area contributed by atoms with Gasteiger partial charge in [-0.3, -0.25) is 10.4 Å². The Morgan fingerprint density at radius 3 is 2.44 bits per heavy atom. The summed E-state index contributed by atoms with van der Waals surface area (Å²) in [5, 5.41) is 12.1. The summed E-state index contributed by atoms with van der Waals surface area (Å²) < 4.78 is 0. The quantitative estimate of drug-likeness (QED) is 0.683. The number of aromatic nitrogens is 2. The van der Waals surface area contributed by atoms with Crippen molar-refractivity contribution in [3.63, 3.8) is 0 Å². The molecule has 0 aliphatic carbocycles. The number of carbonyl (C=O) groups is 1. The molecule has 6 nitrogen and oxygen atoms in total. The highest BCUT2D eigenvalue weighted by molar-refractivity contribution is 6.35. The summed E-state index contributed by atoms with van der Waals surface area (Å²) in [7, 11) is 0. The molecule has 0 saturated carbocycles. The molecule has 18 heavy (non-hydrogen) atoms. The van der Waals surface area contributed by atoms with Crippen LogP contribution in [0.5, 0.6) is 0 Å². The van der Waals surface area contributed by atoms with Crippen molar-refractivity contribution in [2.45, 2.75) is 0 Å². The largest absolute Gasteiger partial charge is 0.394 e. The van der Waals surface area contributed by atoms with Crippen molar-refractivity contribution in [2.24, 2.45) is 0 Å². The van der Waals surface area contributed by atoms with Gasteiger partial charge in [-0.15, -0.1) is 0 Å². The van der Waals surface area contributed by atoms with Gasteiger partial charge in [0.2, 0.25) is 0 Å². The van der Waals surface area contributed by atoms with Gasteiger partial charge in [-0.2, -0.15) is 5.10 Å². The zero-order valence-corrected chi connectivity index (χ0v) is 10.5. The second-order valence-corrected chi connectivity index (χ2v) is 4.31. The van der Waals surface area contributed by atoms with Gasteiger partial charge in [-0.05, 0) is 18.2 Å². The summed E-state index contributed by atoms with van der Waals surface area (Å²) >= 11 is 11.6. The molecule has 2 amide bonds. The summed E-state index contributed by atoms with van der Waals surface area (Å²) in [5.74, 6) is 0.320. The van der Waals surface area contributed by atoms with Crippen molar-refractivity contribution in [1.82, 2.24) is 10.2 Å². The Morgan fingerprint density at radius 2 is 1.89 bits per heavy atom. The van der Waals surface area contributed by atoms with Gasteiger partial charge in [0.1, 0.15) is 0 Å². The van der Waals surface area contributed by atoms with Crippen molar-refractivity contribution < 1.29 is 4.79 Å². The lowest BCUT2D eigenvalue weighted by Gasteiger charge is -2.07. The number of halogens is 2. The lowest BCUT2D eigenvalue weighted by atomic mass is 10.3. The molecular weight excluding hydrogens is 277 g/mol. The molecule has 0 spiro atoms. The van der Waals surface area contributed by atoms with E-state index in [9.17, 15) is 4.79 Å². The van der Waals surface area contributed by atoms with Crippen LogP contribution in [0, 0.1) is 0 Å². The highest BCUT2D eigenvalue weighted by Crippen LogP contribution is 2.22. The van der Waals surface area contributed by atoms with Gasteiger partial charge in [-0.1, -0.05) is 23.2 Å². The van der Waals surface area contributed by atoms with Gasteiger partial charge in [0.15, 0.2) is 5.82 Å². The lowest BCUT2D eigenvalue weighted by Crippen LogP contribution is -2.20. The zero-order valence-electron chi connectivity index (χ0n) is 9.00. The maximum absolute atomic E-state index is 11.6. The van der Waals surface area contributed by atoms with Crippen LogP contribution in [-0.2, 0) is 0 Å². The average Bonchev–Trinajstić information content (AvgIpc) is 2.62. The highest BCUT2D eigenvalue weighted by atomic mass is 35.5. The van der Waals surface area contributed by atoms with Crippen molar-refractivity contribution in [2.75, 3.05) is 16.4 Å². The Bertz CT molecular complexity index is 563. The van der Waals surface area contributed by atoms with Gasteiger partial charge in [-0.25, -0.2) is 4.79 Å². The molecule has 1 heterocycles. The first kappa shape index (κ1) is 12.5. The van der Waals surface area contributed by atoms with Crippen LogP contribution in [0.3, 0.4) is 0 Å². The number of aromatic amines is 1. The molecule has 5 N–H and O–H groups in total. The standard InChI is InChI=1S/C10H9Cl2N5O/c11-5-1-6(12)3-7(2-5)15-10(18)16-9-8(13)4-14-17-9/h1-4H,13H2,(H3,14,15,16,17,18). The monoisotopic (exact) mass is 285 g/mol. The van der Waals surface area contributed by atoms with Crippen LogP contribution < -0.4 is 16.4 Å². The fourth-order valence-corrected chi connectivity index (χ4v) is 1.82. The Kier molecular flexibility index (Phi) is 3.59. The summed E-state index contributed by atoms with van der Waals surface area (Å²) in [6.45, 7) is 0. The third-order valence-corrected chi connectivity index (χ3v) is 2.46. The predicted octanol–water partition coefficient (Wildman–Crippen LogP) is 2.94. The Hall–Kier alpha value is -1.92. The molecule has 0 saturated heterocycles. The first-order valence-electron chi connectivity index (χ1n) is 4.87. The van der Waals surface area contributed by atoms with E-state index in [4.69, 9.17) is 28.9 Å². The van der Waals surface area contributed by atoms with Crippen LogP contribution >= 0.6 is 23.2 Å². The number of nitrogens with one attached hydrogen (secondary N) is 3. The number of hydrogen-bond donors (Lipinski definition) is 4. The molecular formula is C10H9Cl2N5O. The fraction of sp³-hybridized carbons (Fsp3) is 0. The summed E-state index contributed by atoms with van der Waals surface area (Å²) in [5.41, 5.74) is 6.37. The second-order valence-electron chi connectivity index (χ2n) is 3.44. The SMILES string of the molecule is Nc1cn[nH]c1NC(=O)Nc1cc(Cl)cc(Cl)c1. The van der Waals surface area contributed by atoms with Crippen LogP contribution in [0.25, 0.3) is 0 Å². The summed E-state index contributed by atoms with van der Waals surface area (Å²) in [4.78, 5) is 11.6. The molecule has 0 bridgehead atoms. The highest BCUT2D eigenvalue weighted by Gasteiger charge is 2.07. The Morgan fingerprint density at radius 1 is 1.22 bits per heavy atom. The molecule has 0 unspecified atom stereocenters. The van der Waals surface area contributed by atoms with Crippen LogP contribution in [-0.4, -0.2) is 16.2 Å². The summed E-state index contributed by atoms with van der Waals surface area (Å²) in [6, 6.07) is 4.23. The molecule has 1 aromatic heterocycles. The van der Waals surface area contributed by atoms with E-state index in [0.29, 0.717) is 27.2 Å². The number of H-pyrrole nitrogens is 1. The van der Waals surface area contributed by atoms with Crippen molar-refractivity contribution in [1.29, 1.82) is 0 Å². The van der Waals surface area contributed by atoms with E-state index in [1.807, 2.05) is 0 Å². The minimum atomic E-state index is -0.482. The molecule has 0 atom stereocenters. The van der Waals surface area contributed by atoms with Gasteiger partial charge < -0.3 is 11.1 Å². The number of nitrogens with zero attached hydrogens (tertiary/aromatic N) is 1. The normalized spacial score (nSPS) is 10.1. The van der Waals surface area contributed by atoms with Gasteiger partial charge in [0.25, 0.3) is 0 Å². The first-order chi connectivity index (χ1) is 8.54. The van der Waals surface area contributed by atoms with Crippen LogP contribution in [0.4, 0.5) is 22.0 Å². The van der Waals surface area contributed by atoms with E-state index in [1.165, 1.54) is 6.20 Å². The smallest absolute Gasteiger partial charge is 0.324 e. The number of urea groups is 1. The number of nitrogen functional groups attached to an aromatic ring is 1. The number of carbonyl (C=O) groups excluding carboxylic acids is 1. The van der Waals surface area contributed by atoms with E-state index >= 15 is 0 Å². The number of benzene rings is 1. The van der Waals surface area contributed by atoms with E-state index in [2.05, 4.69) is 20.8 Å².